The van der Waals surface area contributed by atoms with Crippen molar-refractivity contribution in [2.75, 3.05) is 6.54 Å². The Morgan fingerprint density at radius 1 is 1.47 bits per heavy atom. The molecule has 1 aromatic rings. The van der Waals surface area contributed by atoms with Gasteiger partial charge in [0.1, 0.15) is 0 Å². The molecule has 1 N–H and O–H groups in total. The molecule has 0 spiro atoms. The molecule has 1 heterocycles. The van der Waals surface area contributed by atoms with Gasteiger partial charge in [-0.1, -0.05) is 13.8 Å². The lowest BCUT2D eigenvalue weighted by atomic mass is 10.2. The SMILES string of the molecule is Cc1cc(C(=O)NCC(C)C)c(C)n1C. The average Bonchev–Trinajstić information content (AvgIpc) is 2.42. The molecular formula is C12H20N2O. The van der Waals surface area contributed by atoms with Crippen molar-refractivity contribution < 1.29 is 4.79 Å². The molecule has 0 aliphatic heterocycles. The zero-order valence-electron chi connectivity index (χ0n) is 10.2. The highest BCUT2D eigenvalue weighted by atomic mass is 16.1. The van der Waals surface area contributed by atoms with Crippen molar-refractivity contribution in [3.63, 3.8) is 0 Å². The molecule has 0 unspecified atom stereocenters. The van der Waals surface area contributed by atoms with E-state index in [1.807, 2.05) is 31.5 Å². The van der Waals surface area contributed by atoms with E-state index in [9.17, 15) is 4.79 Å². The van der Waals surface area contributed by atoms with Crippen molar-refractivity contribution in [3.05, 3.63) is 23.0 Å². The van der Waals surface area contributed by atoms with Crippen LogP contribution in [0.5, 0.6) is 0 Å². The second-order valence-electron chi connectivity index (χ2n) is 4.45. The van der Waals surface area contributed by atoms with Crippen LogP contribution in [0, 0.1) is 19.8 Å². The van der Waals surface area contributed by atoms with E-state index < -0.39 is 0 Å². The number of aryl methyl sites for hydroxylation is 1. The molecule has 1 amide bonds. The lowest BCUT2D eigenvalue weighted by molar-refractivity contribution is 0.0948. The maximum Gasteiger partial charge on any atom is 0.253 e. The smallest absolute Gasteiger partial charge is 0.253 e. The van der Waals surface area contributed by atoms with Crippen molar-refractivity contribution in [2.24, 2.45) is 13.0 Å². The van der Waals surface area contributed by atoms with Crippen LogP contribution in [0.3, 0.4) is 0 Å². The van der Waals surface area contributed by atoms with Gasteiger partial charge in [0, 0.05) is 25.0 Å². The fourth-order valence-corrected chi connectivity index (χ4v) is 1.48. The van der Waals surface area contributed by atoms with Gasteiger partial charge in [0.2, 0.25) is 0 Å². The maximum absolute atomic E-state index is 11.8. The topological polar surface area (TPSA) is 34.0 Å². The first-order chi connectivity index (χ1) is 6.93. The van der Waals surface area contributed by atoms with Gasteiger partial charge in [-0.3, -0.25) is 4.79 Å². The third kappa shape index (κ3) is 2.61. The van der Waals surface area contributed by atoms with E-state index in [2.05, 4.69) is 19.2 Å². The van der Waals surface area contributed by atoms with Gasteiger partial charge in [-0.15, -0.1) is 0 Å². The first kappa shape index (κ1) is 11.8. The van der Waals surface area contributed by atoms with Gasteiger partial charge in [0.15, 0.2) is 0 Å². The highest BCUT2D eigenvalue weighted by Crippen LogP contribution is 2.12. The first-order valence-electron chi connectivity index (χ1n) is 5.34. The van der Waals surface area contributed by atoms with Crippen LogP contribution in [0.4, 0.5) is 0 Å². The third-order valence-electron chi connectivity index (χ3n) is 2.69. The van der Waals surface area contributed by atoms with Gasteiger partial charge < -0.3 is 9.88 Å². The highest BCUT2D eigenvalue weighted by Gasteiger charge is 2.13. The molecular weight excluding hydrogens is 188 g/mol. The summed E-state index contributed by atoms with van der Waals surface area (Å²) in [5, 5.41) is 2.93. The monoisotopic (exact) mass is 208 g/mol. The van der Waals surface area contributed by atoms with E-state index in [0.717, 1.165) is 23.5 Å². The number of hydrogen-bond donors (Lipinski definition) is 1. The summed E-state index contributed by atoms with van der Waals surface area (Å²) < 4.78 is 2.03. The van der Waals surface area contributed by atoms with Crippen LogP contribution in [0.2, 0.25) is 0 Å². The van der Waals surface area contributed by atoms with Crippen molar-refractivity contribution >= 4 is 5.91 Å². The second kappa shape index (κ2) is 4.51. The van der Waals surface area contributed by atoms with E-state index in [1.165, 1.54) is 0 Å². The molecule has 0 aliphatic rings. The fraction of sp³-hybridized carbons (Fsp3) is 0.583. The summed E-state index contributed by atoms with van der Waals surface area (Å²) >= 11 is 0. The largest absolute Gasteiger partial charge is 0.352 e. The summed E-state index contributed by atoms with van der Waals surface area (Å²) in [5.74, 6) is 0.518. The summed E-state index contributed by atoms with van der Waals surface area (Å²) in [6, 6.07) is 1.94. The van der Waals surface area contributed by atoms with E-state index in [1.54, 1.807) is 0 Å². The van der Waals surface area contributed by atoms with Crippen LogP contribution in [0.25, 0.3) is 0 Å². The Bertz CT molecular complexity index is 364. The van der Waals surface area contributed by atoms with Gasteiger partial charge in [0.05, 0.1) is 5.56 Å². The number of nitrogens with zero attached hydrogens (tertiary/aromatic N) is 1. The van der Waals surface area contributed by atoms with Gasteiger partial charge >= 0.3 is 0 Å². The molecule has 3 nitrogen and oxygen atoms in total. The maximum atomic E-state index is 11.8. The Morgan fingerprint density at radius 2 is 2.07 bits per heavy atom. The summed E-state index contributed by atoms with van der Waals surface area (Å²) in [7, 11) is 1.98. The van der Waals surface area contributed by atoms with Crippen molar-refractivity contribution in [3.8, 4) is 0 Å². The van der Waals surface area contributed by atoms with Crippen molar-refractivity contribution in [2.45, 2.75) is 27.7 Å². The summed E-state index contributed by atoms with van der Waals surface area (Å²) in [4.78, 5) is 11.8. The van der Waals surface area contributed by atoms with E-state index >= 15 is 0 Å². The Hall–Kier alpha value is -1.25. The first-order valence-corrected chi connectivity index (χ1v) is 5.34. The van der Waals surface area contributed by atoms with Crippen LogP contribution in [-0.4, -0.2) is 17.0 Å². The predicted octanol–water partition coefficient (Wildman–Crippen LogP) is 2.03. The average molecular weight is 208 g/mol. The number of hydrogen-bond acceptors (Lipinski definition) is 1. The Morgan fingerprint density at radius 3 is 2.47 bits per heavy atom. The number of carbonyl (C=O) groups is 1. The number of aromatic nitrogens is 1. The number of carbonyl (C=O) groups excluding carboxylic acids is 1. The Labute approximate surface area is 91.5 Å². The molecule has 0 atom stereocenters. The minimum atomic E-state index is 0.0323. The van der Waals surface area contributed by atoms with Crippen LogP contribution < -0.4 is 5.32 Å². The lowest BCUT2D eigenvalue weighted by Crippen LogP contribution is -2.27. The quantitative estimate of drug-likeness (QED) is 0.810. The molecule has 0 radical (unpaired) electrons. The van der Waals surface area contributed by atoms with Crippen LogP contribution in [0.15, 0.2) is 6.07 Å². The van der Waals surface area contributed by atoms with Crippen LogP contribution in [-0.2, 0) is 7.05 Å². The highest BCUT2D eigenvalue weighted by molar-refractivity contribution is 5.95. The molecule has 0 saturated carbocycles. The van der Waals surface area contributed by atoms with Gasteiger partial charge in [-0.25, -0.2) is 0 Å². The number of amides is 1. The van der Waals surface area contributed by atoms with Crippen LogP contribution >= 0.6 is 0 Å². The Kier molecular flexibility index (Phi) is 3.56. The lowest BCUT2D eigenvalue weighted by Gasteiger charge is -2.07. The molecule has 1 rings (SSSR count). The standard InChI is InChI=1S/C12H20N2O/c1-8(2)7-13-12(15)11-6-9(3)14(5)10(11)4/h6,8H,7H2,1-5H3,(H,13,15). The molecule has 0 aromatic carbocycles. The van der Waals surface area contributed by atoms with Gasteiger partial charge in [-0.05, 0) is 25.8 Å². The normalized spacial score (nSPS) is 10.8. The number of nitrogens with one attached hydrogen (secondary N) is 1. The Balaban J connectivity index is 2.78. The third-order valence-corrected chi connectivity index (χ3v) is 2.69. The van der Waals surface area contributed by atoms with Crippen LogP contribution in [0.1, 0.15) is 35.6 Å². The second-order valence-corrected chi connectivity index (χ2v) is 4.45. The zero-order chi connectivity index (χ0) is 11.6. The summed E-state index contributed by atoms with van der Waals surface area (Å²) in [5.41, 5.74) is 2.92. The molecule has 15 heavy (non-hydrogen) atoms. The van der Waals surface area contributed by atoms with E-state index in [0.29, 0.717) is 5.92 Å². The minimum Gasteiger partial charge on any atom is -0.352 e. The van der Waals surface area contributed by atoms with Crippen molar-refractivity contribution in [1.29, 1.82) is 0 Å². The number of rotatable bonds is 3. The molecule has 1 aromatic heterocycles. The molecule has 3 heteroatoms. The fourth-order valence-electron chi connectivity index (χ4n) is 1.48. The predicted molar refractivity (Wildman–Crippen MR) is 62.1 cm³/mol. The molecule has 84 valence electrons. The van der Waals surface area contributed by atoms with E-state index in [-0.39, 0.29) is 5.91 Å². The van der Waals surface area contributed by atoms with E-state index in [4.69, 9.17) is 0 Å². The summed E-state index contributed by atoms with van der Waals surface area (Å²) in [6.07, 6.45) is 0. The van der Waals surface area contributed by atoms with Gasteiger partial charge in [0.25, 0.3) is 5.91 Å². The molecule has 0 bridgehead atoms. The van der Waals surface area contributed by atoms with Gasteiger partial charge in [-0.2, -0.15) is 0 Å². The van der Waals surface area contributed by atoms with Crippen molar-refractivity contribution in [1.82, 2.24) is 9.88 Å². The molecule has 0 aliphatic carbocycles. The minimum absolute atomic E-state index is 0.0323. The molecule has 0 fully saturated rings. The summed E-state index contributed by atoms with van der Waals surface area (Å²) in [6.45, 7) is 8.88. The zero-order valence-corrected chi connectivity index (χ0v) is 10.2. The molecule has 0 saturated heterocycles.